The van der Waals surface area contributed by atoms with Crippen molar-refractivity contribution in [2.24, 2.45) is 0 Å². The number of amides is 1. The maximum absolute atomic E-state index is 13.1. The van der Waals surface area contributed by atoms with Gasteiger partial charge in [0.1, 0.15) is 5.69 Å². The first-order chi connectivity index (χ1) is 14.8. The van der Waals surface area contributed by atoms with Crippen LogP contribution in [0.25, 0.3) is 10.9 Å². The molecule has 3 aromatic heterocycles. The van der Waals surface area contributed by atoms with Crippen LogP contribution in [-0.2, 0) is 17.5 Å². The summed E-state index contributed by atoms with van der Waals surface area (Å²) in [5, 5.41) is 7.11. The van der Waals surface area contributed by atoms with Crippen LogP contribution >= 0.6 is 0 Å². The number of pyridine rings is 1. The molecule has 1 aromatic carbocycles. The Kier molecular flexibility index (Phi) is 5.37. The highest BCUT2D eigenvalue weighted by molar-refractivity contribution is 5.86. The molecule has 1 amide bonds. The maximum Gasteiger partial charge on any atom is 0.435 e. The van der Waals surface area contributed by atoms with Crippen molar-refractivity contribution in [2.45, 2.75) is 25.6 Å². The highest BCUT2D eigenvalue weighted by Crippen LogP contribution is 2.29. The summed E-state index contributed by atoms with van der Waals surface area (Å²) in [6.45, 7) is 1.54. The molecule has 0 saturated heterocycles. The standard InChI is InChI=1S/C21H18F3N5O2/c1-13(14-2-3-18-15(10-14)4-9-26-18)20(30)27-12-16-11-19(21(22,23)24)28-29(16)31-17-5-7-25-8-6-17/h2-11,13,26H,12H2,1H3,(H,27,30). The van der Waals surface area contributed by atoms with Gasteiger partial charge >= 0.3 is 6.18 Å². The van der Waals surface area contributed by atoms with E-state index in [0.717, 1.165) is 27.4 Å². The number of aromatic nitrogens is 4. The van der Waals surface area contributed by atoms with Crippen molar-refractivity contribution in [3.8, 4) is 5.75 Å². The van der Waals surface area contributed by atoms with Gasteiger partial charge in [-0.25, -0.2) is 0 Å². The molecule has 0 aliphatic heterocycles. The molecule has 3 heterocycles. The van der Waals surface area contributed by atoms with Crippen LogP contribution in [0.4, 0.5) is 13.2 Å². The minimum Gasteiger partial charge on any atom is -0.361 e. The van der Waals surface area contributed by atoms with Gasteiger partial charge < -0.3 is 15.1 Å². The van der Waals surface area contributed by atoms with E-state index in [4.69, 9.17) is 4.84 Å². The van der Waals surface area contributed by atoms with E-state index in [2.05, 4.69) is 20.4 Å². The monoisotopic (exact) mass is 429 g/mol. The molecular weight excluding hydrogens is 411 g/mol. The summed E-state index contributed by atoms with van der Waals surface area (Å²) in [4.78, 5) is 25.7. The van der Waals surface area contributed by atoms with E-state index in [9.17, 15) is 18.0 Å². The summed E-state index contributed by atoms with van der Waals surface area (Å²) in [5.41, 5.74) is 0.679. The van der Waals surface area contributed by atoms with Crippen LogP contribution in [0.3, 0.4) is 0 Å². The Morgan fingerprint density at radius 3 is 2.71 bits per heavy atom. The molecule has 0 radical (unpaired) electrons. The Balaban J connectivity index is 1.50. The zero-order valence-electron chi connectivity index (χ0n) is 16.3. The molecule has 0 fully saturated rings. The average molecular weight is 429 g/mol. The highest BCUT2D eigenvalue weighted by atomic mass is 19.4. The Morgan fingerprint density at radius 1 is 1.19 bits per heavy atom. The van der Waals surface area contributed by atoms with Gasteiger partial charge in [0, 0.05) is 36.2 Å². The maximum atomic E-state index is 13.1. The lowest BCUT2D eigenvalue weighted by atomic mass is 9.99. The second-order valence-electron chi connectivity index (χ2n) is 6.93. The highest BCUT2D eigenvalue weighted by Gasteiger charge is 2.35. The lowest BCUT2D eigenvalue weighted by Crippen LogP contribution is -2.29. The normalized spacial score (nSPS) is 12.6. The molecule has 2 N–H and O–H groups in total. The van der Waals surface area contributed by atoms with Crippen molar-refractivity contribution < 1.29 is 22.8 Å². The van der Waals surface area contributed by atoms with Gasteiger partial charge in [-0.05, 0) is 42.1 Å². The number of rotatable bonds is 6. The van der Waals surface area contributed by atoms with Crippen LogP contribution in [0.1, 0.15) is 29.8 Å². The van der Waals surface area contributed by atoms with Gasteiger partial charge in [0.25, 0.3) is 0 Å². The second-order valence-corrected chi connectivity index (χ2v) is 6.93. The van der Waals surface area contributed by atoms with Gasteiger partial charge in [-0.2, -0.15) is 13.2 Å². The molecule has 160 valence electrons. The van der Waals surface area contributed by atoms with E-state index < -0.39 is 17.8 Å². The SMILES string of the molecule is CC(C(=O)NCc1cc(C(F)(F)F)nn1Oc1ccncc1)c1ccc2[nH]ccc2c1. The van der Waals surface area contributed by atoms with Crippen LogP contribution in [-0.4, -0.2) is 25.8 Å². The minimum atomic E-state index is -4.65. The summed E-state index contributed by atoms with van der Waals surface area (Å²) in [7, 11) is 0. The molecule has 10 heteroatoms. The first-order valence-electron chi connectivity index (χ1n) is 9.40. The van der Waals surface area contributed by atoms with E-state index in [1.54, 1.807) is 13.1 Å². The van der Waals surface area contributed by atoms with Crippen molar-refractivity contribution >= 4 is 16.8 Å². The summed E-state index contributed by atoms with van der Waals surface area (Å²) < 4.78 is 39.4. The predicted molar refractivity (Wildman–Crippen MR) is 106 cm³/mol. The van der Waals surface area contributed by atoms with Gasteiger partial charge in [0.2, 0.25) is 5.91 Å². The molecule has 4 aromatic rings. The number of H-pyrrole nitrogens is 1. The van der Waals surface area contributed by atoms with E-state index in [1.807, 2.05) is 24.3 Å². The molecule has 1 atom stereocenters. The molecular formula is C21H18F3N5O2. The first kappa shape index (κ1) is 20.5. The number of carbonyl (C=O) groups is 1. The van der Waals surface area contributed by atoms with Crippen molar-refractivity contribution in [1.29, 1.82) is 0 Å². The largest absolute Gasteiger partial charge is 0.435 e. The van der Waals surface area contributed by atoms with E-state index in [1.165, 1.54) is 24.5 Å². The number of nitrogens with zero attached hydrogens (tertiary/aromatic N) is 3. The van der Waals surface area contributed by atoms with Crippen molar-refractivity contribution in [1.82, 2.24) is 25.2 Å². The van der Waals surface area contributed by atoms with Crippen molar-refractivity contribution in [3.05, 3.63) is 78.0 Å². The third-order valence-corrected chi connectivity index (χ3v) is 4.79. The number of fused-ring (bicyclic) bond motifs is 1. The molecule has 0 aliphatic rings. The van der Waals surface area contributed by atoms with Crippen LogP contribution in [0.5, 0.6) is 5.75 Å². The number of hydrogen-bond donors (Lipinski definition) is 2. The number of hydrogen-bond acceptors (Lipinski definition) is 4. The summed E-state index contributed by atoms with van der Waals surface area (Å²) in [6, 6.07) is 11.3. The Hall–Kier alpha value is -3.82. The third kappa shape index (κ3) is 4.52. The zero-order valence-corrected chi connectivity index (χ0v) is 16.3. The quantitative estimate of drug-likeness (QED) is 0.485. The number of benzene rings is 1. The fraction of sp³-hybridized carbons (Fsp3) is 0.190. The minimum absolute atomic E-state index is 0.0470. The molecule has 1 unspecified atom stereocenters. The van der Waals surface area contributed by atoms with Crippen molar-refractivity contribution in [3.63, 3.8) is 0 Å². The van der Waals surface area contributed by atoms with Gasteiger partial charge in [-0.3, -0.25) is 9.78 Å². The Bertz CT molecular complexity index is 1200. The van der Waals surface area contributed by atoms with Gasteiger partial charge in [0.05, 0.1) is 12.5 Å². The first-order valence-corrected chi connectivity index (χ1v) is 9.40. The number of halogens is 3. The number of nitrogens with one attached hydrogen (secondary N) is 2. The van der Waals surface area contributed by atoms with E-state index in [-0.39, 0.29) is 23.9 Å². The summed E-state index contributed by atoms with van der Waals surface area (Å²) >= 11 is 0. The van der Waals surface area contributed by atoms with Gasteiger partial charge in [-0.15, -0.1) is 5.10 Å². The third-order valence-electron chi connectivity index (χ3n) is 4.79. The summed E-state index contributed by atoms with van der Waals surface area (Å²) in [5.74, 6) is -0.577. The van der Waals surface area contributed by atoms with Crippen LogP contribution in [0, 0.1) is 0 Å². The number of alkyl halides is 3. The second kappa shape index (κ2) is 8.13. The molecule has 4 rings (SSSR count). The molecule has 0 bridgehead atoms. The molecule has 0 spiro atoms. The van der Waals surface area contributed by atoms with Crippen LogP contribution in [0.2, 0.25) is 0 Å². The average Bonchev–Trinajstić information content (AvgIpc) is 3.38. The predicted octanol–water partition coefficient (Wildman–Crippen LogP) is 4.04. The van der Waals surface area contributed by atoms with E-state index >= 15 is 0 Å². The Labute approximate surface area is 174 Å². The number of aromatic amines is 1. The fourth-order valence-corrected chi connectivity index (χ4v) is 3.06. The van der Waals surface area contributed by atoms with Gasteiger partial charge in [-0.1, -0.05) is 10.9 Å². The van der Waals surface area contributed by atoms with Crippen LogP contribution < -0.4 is 10.2 Å². The Morgan fingerprint density at radius 2 is 1.97 bits per heavy atom. The topological polar surface area (TPSA) is 84.8 Å². The van der Waals surface area contributed by atoms with E-state index in [0.29, 0.717) is 0 Å². The molecule has 0 aliphatic carbocycles. The summed E-state index contributed by atoms with van der Waals surface area (Å²) in [6.07, 6.45) is 0.0359. The van der Waals surface area contributed by atoms with Crippen LogP contribution in [0.15, 0.2) is 61.1 Å². The van der Waals surface area contributed by atoms with Crippen molar-refractivity contribution in [2.75, 3.05) is 0 Å². The molecule has 31 heavy (non-hydrogen) atoms. The molecule has 7 nitrogen and oxygen atoms in total. The number of carbonyl (C=O) groups excluding carboxylic acids is 1. The van der Waals surface area contributed by atoms with Gasteiger partial charge in [0.15, 0.2) is 11.4 Å². The fourth-order valence-electron chi connectivity index (χ4n) is 3.06. The molecule has 0 saturated carbocycles. The lowest BCUT2D eigenvalue weighted by molar-refractivity contribution is -0.142. The lowest BCUT2D eigenvalue weighted by Gasteiger charge is -2.13. The smallest absolute Gasteiger partial charge is 0.361 e. The zero-order chi connectivity index (χ0) is 22.0.